The second-order valence-corrected chi connectivity index (χ2v) is 6.75. The highest BCUT2D eigenvalue weighted by Gasteiger charge is 2.30. The first kappa shape index (κ1) is 15.3. The van der Waals surface area contributed by atoms with Crippen LogP contribution in [0.4, 0.5) is 0 Å². The van der Waals surface area contributed by atoms with Crippen LogP contribution in [0.15, 0.2) is 0 Å². The molecule has 3 nitrogen and oxygen atoms in total. The summed E-state index contributed by atoms with van der Waals surface area (Å²) in [6, 6.07) is 1.38. The van der Waals surface area contributed by atoms with Gasteiger partial charge in [-0.1, -0.05) is 19.8 Å². The molecule has 2 aliphatic rings. The van der Waals surface area contributed by atoms with Crippen LogP contribution in [0.5, 0.6) is 0 Å². The first-order valence-corrected chi connectivity index (χ1v) is 8.33. The minimum absolute atomic E-state index is 0.686. The van der Waals surface area contributed by atoms with Crippen LogP contribution in [0.2, 0.25) is 0 Å². The number of nitrogens with one attached hydrogen (secondary N) is 1. The largest absolute Gasteiger partial charge is 0.312 e. The Hall–Kier alpha value is -0.120. The molecule has 2 rings (SSSR count). The van der Waals surface area contributed by atoms with E-state index in [-0.39, 0.29) is 0 Å². The van der Waals surface area contributed by atoms with Gasteiger partial charge in [-0.2, -0.15) is 0 Å². The van der Waals surface area contributed by atoms with E-state index in [9.17, 15) is 0 Å². The van der Waals surface area contributed by atoms with Crippen molar-refractivity contribution in [3.8, 4) is 0 Å². The molecule has 1 aliphatic heterocycles. The highest BCUT2D eigenvalue weighted by molar-refractivity contribution is 4.89. The average molecular weight is 267 g/mol. The molecule has 19 heavy (non-hydrogen) atoms. The van der Waals surface area contributed by atoms with Gasteiger partial charge in [-0.05, 0) is 65.3 Å². The molecule has 0 aromatic rings. The lowest BCUT2D eigenvalue weighted by Crippen LogP contribution is -2.52. The molecule has 112 valence electrons. The average Bonchev–Trinajstić information content (AvgIpc) is 3.20. The summed E-state index contributed by atoms with van der Waals surface area (Å²) in [5, 5.41) is 3.83. The standard InChI is InChI=1S/C16H33N3/c1-4-10-17-15(9-8-14-6-7-14)16-13-18(2)11-5-12-19(16)3/h14-17H,4-13H2,1-3H3. The van der Waals surface area contributed by atoms with Crippen LogP contribution in [0.1, 0.15) is 45.4 Å². The number of rotatable bonds is 7. The van der Waals surface area contributed by atoms with Crippen molar-refractivity contribution in [3.05, 3.63) is 0 Å². The van der Waals surface area contributed by atoms with E-state index in [1.54, 1.807) is 0 Å². The molecule has 3 heteroatoms. The van der Waals surface area contributed by atoms with Gasteiger partial charge in [-0.25, -0.2) is 0 Å². The van der Waals surface area contributed by atoms with E-state index in [4.69, 9.17) is 0 Å². The Bertz CT molecular complexity index is 252. The van der Waals surface area contributed by atoms with Crippen LogP contribution >= 0.6 is 0 Å². The Balaban J connectivity index is 1.91. The van der Waals surface area contributed by atoms with Crippen molar-refractivity contribution in [2.24, 2.45) is 5.92 Å². The molecule has 2 unspecified atom stereocenters. The van der Waals surface area contributed by atoms with Crippen molar-refractivity contribution in [2.75, 3.05) is 40.3 Å². The van der Waals surface area contributed by atoms with Crippen molar-refractivity contribution < 1.29 is 0 Å². The highest BCUT2D eigenvalue weighted by Crippen LogP contribution is 2.34. The molecule has 1 aliphatic carbocycles. The molecule has 1 saturated carbocycles. The minimum atomic E-state index is 0.686. The van der Waals surface area contributed by atoms with Crippen LogP contribution in [0, 0.1) is 5.92 Å². The lowest BCUT2D eigenvalue weighted by atomic mass is 9.99. The second-order valence-electron chi connectivity index (χ2n) is 6.75. The van der Waals surface area contributed by atoms with E-state index < -0.39 is 0 Å². The molecule has 0 amide bonds. The van der Waals surface area contributed by atoms with Gasteiger partial charge in [0.05, 0.1) is 0 Å². The van der Waals surface area contributed by atoms with Crippen LogP contribution in [-0.2, 0) is 0 Å². The Morgan fingerprint density at radius 3 is 2.68 bits per heavy atom. The second kappa shape index (κ2) is 7.61. The van der Waals surface area contributed by atoms with Gasteiger partial charge < -0.3 is 15.1 Å². The predicted octanol–water partition coefficient (Wildman–Crippen LogP) is 2.18. The van der Waals surface area contributed by atoms with Crippen LogP contribution < -0.4 is 5.32 Å². The van der Waals surface area contributed by atoms with E-state index in [0.717, 1.165) is 5.92 Å². The summed E-state index contributed by atoms with van der Waals surface area (Å²) < 4.78 is 0. The zero-order valence-corrected chi connectivity index (χ0v) is 13.2. The Labute approximate surface area is 119 Å². The Kier molecular flexibility index (Phi) is 6.11. The molecule has 2 fully saturated rings. The lowest BCUT2D eigenvalue weighted by Gasteiger charge is -2.35. The normalized spacial score (nSPS) is 28.3. The number of hydrogen-bond acceptors (Lipinski definition) is 3. The smallest absolute Gasteiger partial charge is 0.0373 e. The van der Waals surface area contributed by atoms with Crippen molar-refractivity contribution in [1.82, 2.24) is 15.1 Å². The minimum Gasteiger partial charge on any atom is -0.312 e. The molecule has 0 aromatic carbocycles. The molecule has 0 spiro atoms. The Morgan fingerprint density at radius 2 is 2.00 bits per heavy atom. The number of likely N-dealkylation sites (N-methyl/N-ethyl adjacent to an activating group) is 2. The fraction of sp³-hybridized carbons (Fsp3) is 1.00. The molecule has 2 atom stereocenters. The third kappa shape index (κ3) is 5.05. The molecule has 0 radical (unpaired) electrons. The zero-order chi connectivity index (χ0) is 13.7. The molecule has 1 N–H and O–H groups in total. The number of hydrogen-bond donors (Lipinski definition) is 1. The summed E-state index contributed by atoms with van der Waals surface area (Å²) in [4.78, 5) is 5.12. The SMILES string of the molecule is CCCNC(CCC1CC1)C1CN(C)CCCN1C. The van der Waals surface area contributed by atoms with Gasteiger partial charge in [0.2, 0.25) is 0 Å². The molecular weight excluding hydrogens is 234 g/mol. The third-order valence-corrected chi connectivity index (χ3v) is 4.82. The highest BCUT2D eigenvalue weighted by atomic mass is 15.2. The van der Waals surface area contributed by atoms with Gasteiger partial charge >= 0.3 is 0 Å². The van der Waals surface area contributed by atoms with Gasteiger partial charge in [-0.15, -0.1) is 0 Å². The van der Waals surface area contributed by atoms with Gasteiger partial charge in [0.1, 0.15) is 0 Å². The summed E-state index contributed by atoms with van der Waals surface area (Å²) in [5.41, 5.74) is 0. The van der Waals surface area contributed by atoms with Gasteiger partial charge in [-0.3, -0.25) is 0 Å². The van der Waals surface area contributed by atoms with E-state index in [1.165, 1.54) is 64.7 Å². The van der Waals surface area contributed by atoms with E-state index in [2.05, 4.69) is 36.1 Å². The summed E-state index contributed by atoms with van der Waals surface area (Å²) in [5.74, 6) is 1.06. The maximum absolute atomic E-state index is 3.83. The quantitative estimate of drug-likeness (QED) is 0.763. The van der Waals surface area contributed by atoms with Crippen LogP contribution in [0.25, 0.3) is 0 Å². The summed E-state index contributed by atoms with van der Waals surface area (Å²) in [7, 11) is 4.60. The van der Waals surface area contributed by atoms with Gasteiger partial charge in [0.15, 0.2) is 0 Å². The van der Waals surface area contributed by atoms with Crippen LogP contribution in [-0.4, -0.2) is 62.2 Å². The summed E-state index contributed by atoms with van der Waals surface area (Å²) in [6.07, 6.45) is 8.34. The van der Waals surface area contributed by atoms with Gasteiger partial charge in [0.25, 0.3) is 0 Å². The fourth-order valence-electron chi connectivity index (χ4n) is 3.32. The lowest BCUT2D eigenvalue weighted by molar-refractivity contribution is 0.170. The first-order chi connectivity index (χ1) is 9.20. The van der Waals surface area contributed by atoms with E-state index in [0.29, 0.717) is 12.1 Å². The van der Waals surface area contributed by atoms with Crippen molar-refractivity contribution in [2.45, 2.75) is 57.5 Å². The van der Waals surface area contributed by atoms with Crippen LogP contribution in [0.3, 0.4) is 0 Å². The molecule has 0 bridgehead atoms. The number of nitrogens with zero attached hydrogens (tertiary/aromatic N) is 2. The van der Waals surface area contributed by atoms with E-state index >= 15 is 0 Å². The first-order valence-electron chi connectivity index (χ1n) is 8.33. The van der Waals surface area contributed by atoms with Crippen molar-refractivity contribution in [1.29, 1.82) is 0 Å². The van der Waals surface area contributed by atoms with E-state index in [1.807, 2.05) is 0 Å². The molecule has 0 aromatic heterocycles. The fourth-order valence-corrected chi connectivity index (χ4v) is 3.32. The third-order valence-electron chi connectivity index (χ3n) is 4.82. The summed E-state index contributed by atoms with van der Waals surface area (Å²) >= 11 is 0. The van der Waals surface area contributed by atoms with Gasteiger partial charge in [0, 0.05) is 18.6 Å². The molecule has 1 heterocycles. The predicted molar refractivity (Wildman–Crippen MR) is 82.6 cm³/mol. The topological polar surface area (TPSA) is 18.5 Å². The van der Waals surface area contributed by atoms with Crippen molar-refractivity contribution in [3.63, 3.8) is 0 Å². The Morgan fingerprint density at radius 1 is 1.21 bits per heavy atom. The summed E-state index contributed by atoms with van der Waals surface area (Å²) in [6.45, 7) is 7.17. The van der Waals surface area contributed by atoms with Crippen molar-refractivity contribution >= 4 is 0 Å². The zero-order valence-electron chi connectivity index (χ0n) is 13.2. The molecule has 1 saturated heterocycles. The maximum Gasteiger partial charge on any atom is 0.0373 e. The molecular formula is C16H33N3. The monoisotopic (exact) mass is 267 g/mol. The maximum atomic E-state index is 3.83.